The fourth-order valence-corrected chi connectivity index (χ4v) is 5.69. The normalized spacial score (nSPS) is 17.7. The third-order valence-electron chi connectivity index (χ3n) is 6.85. The largest absolute Gasteiger partial charge is 0.481 e. The molecule has 7 heteroatoms. The second-order valence-electron chi connectivity index (χ2n) is 9.06. The van der Waals surface area contributed by atoms with E-state index in [0.717, 1.165) is 28.8 Å². The van der Waals surface area contributed by atoms with Crippen LogP contribution in [0, 0.1) is 11.7 Å². The van der Waals surface area contributed by atoms with E-state index in [1.165, 1.54) is 28.5 Å². The van der Waals surface area contributed by atoms with Gasteiger partial charge in [-0.15, -0.1) is 0 Å². The summed E-state index contributed by atoms with van der Waals surface area (Å²) >= 11 is 1.40. The van der Waals surface area contributed by atoms with Gasteiger partial charge in [0.2, 0.25) is 0 Å². The van der Waals surface area contributed by atoms with Gasteiger partial charge in [0.25, 0.3) is 0 Å². The van der Waals surface area contributed by atoms with E-state index >= 15 is 0 Å². The summed E-state index contributed by atoms with van der Waals surface area (Å²) in [4.78, 5) is 23.2. The first-order chi connectivity index (χ1) is 16.0. The predicted octanol–water partition coefficient (Wildman–Crippen LogP) is 5.09. The van der Waals surface area contributed by atoms with Crippen LogP contribution in [0.1, 0.15) is 29.5 Å². The number of benzene rings is 2. The maximum Gasteiger partial charge on any atom is 0.309 e. The van der Waals surface area contributed by atoms with Crippen LogP contribution in [-0.4, -0.2) is 39.0 Å². The molecule has 0 atom stereocenters. The van der Waals surface area contributed by atoms with Crippen molar-refractivity contribution in [2.24, 2.45) is 5.92 Å². The number of fused-ring (bicyclic) bond motifs is 1. The number of carboxylic acids is 1. The Morgan fingerprint density at radius 1 is 1.12 bits per heavy atom. The van der Waals surface area contributed by atoms with Crippen molar-refractivity contribution in [3.05, 3.63) is 83.3 Å². The third kappa shape index (κ3) is 3.61. The van der Waals surface area contributed by atoms with E-state index in [2.05, 4.69) is 35.3 Å². The van der Waals surface area contributed by atoms with Crippen molar-refractivity contribution >= 4 is 27.7 Å². The molecule has 2 aromatic heterocycles. The average Bonchev–Trinajstić information content (AvgIpc) is 3.49. The fraction of sp³-hybridized carbons (Fsp3) is 0.269. The van der Waals surface area contributed by atoms with Crippen molar-refractivity contribution in [3.8, 4) is 10.6 Å². The molecule has 0 unspecified atom stereocenters. The van der Waals surface area contributed by atoms with Gasteiger partial charge in [-0.05, 0) is 47.7 Å². The van der Waals surface area contributed by atoms with E-state index < -0.39 is 5.97 Å². The van der Waals surface area contributed by atoms with Crippen LogP contribution in [0.25, 0.3) is 20.9 Å². The van der Waals surface area contributed by atoms with Crippen molar-refractivity contribution < 1.29 is 14.3 Å². The molecule has 1 aliphatic carbocycles. The minimum absolute atomic E-state index is 0.0234. The monoisotopic (exact) mass is 459 g/mol. The molecule has 1 saturated heterocycles. The van der Waals surface area contributed by atoms with Crippen LogP contribution in [0.3, 0.4) is 0 Å². The SMILES string of the molecule is O=C(O)C1CN(Cc2ccc(-c3nc4cc(C5(c6ccccc6)CC5)cnc4s3)c(F)c2)C1. The minimum atomic E-state index is -0.767. The van der Waals surface area contributed by atoms with E-state index in [4.69, 9.17) is 10.1 Å². The highest BCUT2D eigenvalue weighted by molar-refractivity contribution is 7.21. The number of carbonyl (C=O) groups is 1. The number of hydrogen-bond acceptors (Lipinski definition) is 5. The number of halogens is 1. The first-order valence-corrected chi connectivity index (χ1v) is 11.9. The van der Waals surface area contributed by atoms with Gasteiger partial charge in [0.1, 0.15) is 21.2 Å². The van der Waals surface area contributed by atoms with E-state index in [1.54, 1.807) is 6.07 Å². The number of rotatable bonds is 6. The van der Waals surface area contributed by atoms with Crippen molar-refractivity contribution in [2.45, 2.75) is 24.8 Å². The maximum absolute atomic E-state index is 15.0. The lowest BCUT2D eigenvalue weighted by Crippen LogP contribution is -2.49. The van der Waals surface area contributed by atoms with Gasteiger partial charge in [-0.1, -0.05) is 47.7 Å². The Bertz CT molecular complexity index is 1360. The molecular weight excluding hydrogens is 437 g/mol. The van der Waals surface area contributed by atoms with E-state index in [0.29, 0.717) is 30.2 Å². The summed E-state index contributed by atoms with van der Waals surface area (Å²) in [6.45, 7) is 1.57. The van der Waals surface area contributed by atoms with E-state index in [9.17, 15) is 9.18 Å². The highest BCUT2D eigenvalue weighted by Gasteiger charge is 2.46. The van der Waals surface area contributed by atoms with Crippen molar-refractivity contribution in [3.63, 3.8) is 0 Å². The molecule has 33 heavy (non-hydrogen) atoms. The van der Waals surface area contributed by atoms with Gasteiger partial charge in [-0.3, -0.25) is 9.69 Å². The second kappa shape index (κ2) is 7.71. The molecule has 0 amide bonds. The zero-order valence-corrected chi connectivity index (χ0v) is 18.7. The third-order valence-corrected chi connectivity index (χ3v) is 7.87. The van der Waals surface area contributed by atoms with Crippen LogP contribution in [0.15, 0.2) is 60.8 Å². The average molecular weight is 460 g/mol. The molecule has 1 N–H and O–H groups in total. The lowest BCUT2D eigenvalue weighted by molar-refractivity contribution is -0.147. The molecule has 2 aromatic carbocycles. The van der Waals surface area contributed by atoms with Crippen LogP contribution in [0.5, 0.6) is 0 Å². The van der Waals surface area contributed by atoms with Gasteiger partial charge in [-0.25, -0.2) is 14.4 Å². The maximum atomic E-state index is 15.0. The Labute approximate surface area is 194 Å². The quantitative estimate of drug-likeness (QED) is 0.435. The minimum Gasteiger partial charge on any atom is -0.481 e. The van der Waals surface area contributed by atoms with Crippen molar-refractivity contribution in [2.75, 3.05) is 13.1 Å². The zero-order chi connectivity index (χ0) is 22.6. The summed E-state index contributed by atoms with van der Waals surface area (Å²) in [5.41, 5.74) is 4.61. The summed E-state index contributed by atoms with van der Waals surface area (Å²) in [6.07, 6.45) is 4.14. The summed E-state index contributed by atoms with van der Waals surface area (Å²) in [5.74, 6) is -1.40. The molecule has 166 valence electrons. The Balaban J connectivity index is 1.25. The molecule has 2 fully saturated rings. The molecule has 4 aromatic rings. The lowest BCUT2D eigenvalue weighted by Gasteiger charge is -2.36. The smallest absolute Gasteiger partial charge is 0.309 e. The molecule has 1 saturated carbocycles. The Morgan fingerprint density at radius 3 is 2.61 bits per heavy atom. The van der Waals surface area contributed by atoms with Gasteiger partial charge in [0.15, 0.2) is 0 Å². The van der Waals surface area contributed by atoms with Gasteiger partial charge >= 0.3 is 5.97 Å². The molecule has 1 aliphatic heterocycles. The molecule has 0 spiro atoms. The Morgan fingerprint density at radius 2 is 1.91 bits per heavy atom. The van der Waals surface area contributed by atoms with Crippen LogP contribution in [-0.2, 0) is 16.8 Å². The topological polar surface area (TPSA) is 66.3 Å². The highest BCUT2D eigenvalue weighted by atomic mass is 32.1. The number of aliphatic carboxylic acids is 1. The van der Waals surface area contributed by atoms with Gasteiger partial charge in [0.05, 0.1) is 5.92 Å². The number of likely N-dealkylation sites (tertiary alicyclic amines) is 1. The van der Waals surface area contributed by atoms with Crippen molar-refractivity contribution in [1.29, 1.82) is 0 Å². The first kappa shape index (κ1) is 20.4. The fourth-order valence-electron chi connectivity index (χ4n) is 4.77. The Kier molecular flexibility index (Phi) is 4.78. The van der Waals surface area contributed by atoms with Gasteiger partial charge < -0.3 is 5.11 Å². The number of aromatic nitrogens is 2. The molecule has 2 aliphatic rings. The number of thiazole rings is 1. The van der Waals surface area contributed by atoms with E-state index in [-0.39, 0.29) is 17.2 Å². The molecular formula is C26H22FN3O2S. The molecule has 5 nitrogen and oxygen atoms in total. The van der Waals surface area contributed by atoms with Crippen molar-refractivity contribution in [1.82, 2.24) is 14.9 Å². The summed E-state index contributed by atoms with van der Waals surface area (Å²) in [6, 6.07) is 17.8. The molecule has 3 heterocycles. The van der Waals surface area contributed by atoms with Crippen LogP contribution in [0.4, 0.5) is 4.39 Å². The van der Waals surface area contributed by atoms with Gasteiger partial charge in [-0.2, -0.15) is 0 Å². The molecule has 0 radical (unpaired) electrons. The Hall–Kier alpha value is -3.16. The van der Waals surface area contributed by atoms with Crippen LogP contribution in [0.2, 0.25) is 0 Å². The number of hydrogen-bond donors (Lipinski definition) is 1. The van der Waals surface area contributed by atoms with E-state index in [1.807, 2.05) is 23.2 Å². The second-order valence-corrected chi connectivity index (χ2v) is 10.0. The first-order valence-electron chi connectivity index (χ1n) is 11.1. The summed E-state index contributed by atoms with van der Waals surface area (Å²) < 4.78 is 15.0. The number of pyridine rings is 1. The standard InChI is InChI=1S/C26H22FN3O2S/c27-21-10-16(13-30-14-17(15-30)25(31)32)6-7-20(21)23-29-22-11-19(12-28-24(22)33-23)26(8-9-26)18-4-2-1-3-5-18/h1-7,10-12,17H,8-9,13-15H2,(H,31,32). The summed E-state index contributed by atoms with van der Waals surface area (Å²) in [7, 11) is 0. The van der Waals surface area contributed by atoms with Gasteiger partial charge in [0, 0.05) is 36.8 Å². The molecule has 0 bridgehead atoms. The molecule has 6 rings (SSSR count). The number of nitrogens with zero attached hydrogens (tertiary/aromatic N) is 3. The summed E-state index contributed by atoms with van der Waals surface area (Å²) in [5, 5.41) is 9.63. The predicted molar refractivity (Wildman–Crippen MR) is 126 cm³/mol. The number of carboxylic acid groups (broad SMARTS) is 1. The lowest BCUT2D eigenvalue weighted by atomic mass is 9.89. The highest BCUT2D eigenvalue weighted by Crippen LogP contribution is 2.53. The zero-order valence-electron chi connectivity index (χ0n) is 17.9. The van der Waals surface area contributed by atoms with Crippen LogP contribution >= 0.6 is 11.3 Å². The van der Waals surface area contributed by atoms with Crippen LogP contribution < -0.4 is 0 Å².